The van der Waals surface area contributed by atoms with Crippen molar-refractivity contribution in [2.45, 2.75) is 44.9 Å². The summed E-state index contributed by atoms with van der Waals surface area (Å²) in [6.07, 6.45) is 3.68. The first-order valence-corrected chi connectivity index (χ1v) is 8.98. The average molecular weight is 267 g/mol. The number of nitrogens with one attached hydrogen (secondary N) is 1. The van der Waals surface area contributed by atoms with Gasteiger partial charge in [-0.25, -0.2) is 8.42 Å². The molecule has 0 aliphatic heterocycles. The minimum Gasteiger partial charge on any atom is -0.313 e. The minimum atomic E-state index is -2.80. The lowest BCUT2D eigenvalue weighted by Gasteiger charge is -2.16. The summed E-state index contributed by atoms with van der Waals surface area (Å²) in [5, 5.41) is 3.93. The molecule has 16 heavy (non-hydrogen) atoms. The monoisotopic (exact) mass is 267 g/mol. The summed E-state index contributed by atoms with van der Waals surface area (Å²) in [7, 11) is -2.80. The zero-order valence-electron chi connectivity index (χ0n) is 10.8. The smallest absolute Gasteiger partial charge is 0.148 e. The van der Waals surface area contributed by atoms with E-state index >= 15 is 0 Å². The molecule has 0 saturated heterocycles. The number of rotatable bonds is 9. The van der Waals surface area contributed by atoms with E-state index in [1.54, 1.807) is 11.8 Å². The Bertz CT molecular complexity index is 265. The van der Waals surface area contributed by atoms with Gasteiger partial charge in [0.15, 0.2) is 0 Å². The molecule has 0 aliphatic carbocycles. The van der Waals surface area contributed by atoms with E-state index in [4.69, 9.17) is 0 Å². The predicted octanol–water partition coefficient (Wildman–Crippen LogP) is 1.93. The lowest BCUT2D eigenvalue weighted by atomic mass is 10.2. The highest BCUT2D eigenvalue weighted by Crippen LogP contribution is 2.10. The molecule has 0 aromatic rings. The molecular formula is C11H25NO2S2. The highest BCUT2D eigenvalue weighted by molar-refractivity contribution is 8.01. The molecule has 0 radical (unpaired) electrons. The molecule has 2 unspecified atom stereocenters. The first-order chi connectivity index (χ1) is 7.35. The van der Waals surface area contributed by atoms with E-state index in [1.165, 1.54) is 19.1 Å². The van der Waals surface area contributed by atoms with Crippen LogP contribution in [0, 0.1) is 0 Å². The molecule has 3 nitrogen and oxygen atoms in total. The van der Waals surface area contributed by atoms with E-state index in [2.05, 4.69) is 26.1 Å². The Kier molecular flexibility index (Phi) is 8.50. The van der Waals surface area contributed by atoms with Crippen molar-refractivity contribution in [2.24, 2.45) is 0 Å². The van der Waals surface area contributed by atoms with E-state index in [9.17, 15) is 8.42 Å². The standard InChI is InChI=1S/C11H25NO2S2/c1-5-6-10(2)12-9-11(3)15-7-8-16(4,13)14/h10-12H,5-9H2,1-4H3. The number of sulfone groups is 1. The van der Waals surface area contributed by atoms with Gasteiger partial charge in [0.05, 0.1) is 5.75 Å². The fraction of sp³-hybridized carbons (Fsp3) is 1.00. The summed E-state index contributed by atoms with van der Waals surface area (Å²) >= 11 is 1.72. The van der Waals surface area contributed by atoms with Gasteiger partial charge in [0.1, 0.15) is 9.84 Å². The Morgan fingerprint density at radius 1 is 1.31 bits per heavy atom. The average Bonchev–Trinajstić information content (AvgIpc) is 2.13. The van der Waals surface area contributed by atoms with Gasteiger partial charge in [-0.05, 0) is 13.3 Å². The molecule has 0 bridgehead atoms. The predicted molar refractivity (Wildman–Crippen MR) is 74.0 cm³/mol. The molecule has 5 heteroatoms. The first kappa shape index (κ1) is 16.3. The van der Waals surface area contributed by atoms with Gasteiger partial charge in [-0.1, -0.05) is 20.3 Å². The topological polar surface area (TPSA) is 46.2 Å². The van der Waals surface area contributed by atoms with Crippen LogP contribution in [-0.4, -0.2) is 44.0 Å². The van der Waals surface area contributed by atoms with Crippen LogP contribution in [0.15, 0.2) is 0 Å². The van der Waals surface area contributed by atoms with E-state index in [0.29, 0.717) is 17.0 Å². The Balaban J connectivity index is 3.55. The van der Waals surface area contributed by atoms with Crippen LogP contribution in [0.4, 0.5) is 0 Å². The summed E-state index contributed by atoms with van der Waals surface area (Å²) in [6, 6.07) is 0.558. The second-order valence-electron chi connectivity index (χ2n) is 4.41. The van der Waals surface area contributed by atoms with Crippen LogP contribution < -0.4 is 5.32 Å². The van der Waals surface area contributed by atoms with Gasteiger partial charge in [0, 0.05) is 29.8 Å². The van der Waals surface area contributed by atoms with E-state index in [0.717, 1.165) is 6.54 Å². The lowest BCUT2D eigenvalue weighted by molar-refractivity contribution is 0.511. The molecule has 98 valence electrons. The van der Waals surface area contributed by atoms with Gasteiger partial charge in [-0.2, -0.15) is 11.8 Å². The summed E-state index contributed by atoms with van der Waals surface area (Å²) in [4.78, 5) is 0. The molecule has 2 atom stereocenters. The van der Waals surface area contributed by atoms with Crippen molar-refractivity contribution in [3.63, 3.8) is 0 Å². The van der Waals surface area contributed by atoms with Crippen LogP contribution in [0.3, 0.4) is 0 Å². The van der Waals surface area contributed by atoms with Crippen molar-refractivity contribution in [1.29, 1.82) is 0 Å². The van der Waals surface area contributed by atoms with Gasteiger partial charge in [-0.3, -0.25) is 0 Å². The van der Waals surface area contributed by atoms with Crippen LogP contribution in [0.2, 0.25) is 0 Å². The SMILES string of the molecule is CCCC(C)NCC(C)SCCS(C)(=O)=O. The highest BCUT2D eigenvalue weighted by atomic mass is 32.2. The Morgan fingerprint density at radius 2 is 1.94 bits per heavy atom. The summed E-state index contributed by atoms with van der Waals surface area (Å²) < 4.78 is 21.9. The molecule has 0 heterocycles. The van der Waals surface area contributed by atoms with Crippen molar-refractivity contribution < 1.29 is 8.42 Å². The molecule has 0 spiro atoms. The Morgan fingerprint density at radius 3 is 2.44 bits per heavy atom. The van der Waals surface area contributed by atoms with Gasteiger partial charge in [0.25, 0.3) is 0 Å². The summed E-state index contributed by atoms with van der Waals surface area (Å²) in [6.45, 7) is 7.47. The largest absolute Gasteiger partial charge is 0.313 e. The van der Waals surface area contributed by atoms with Crippen molar-refractivity contribution >= 4 is 21.6 Å². The van der Waals surface area contributed by atoms with Gasteiger partial charge >= 0.3 is 0 Å². The maximum Gasteiger partial charge on any atom is 0.148 e. The third kappa shape index (κ3) is 10.8. The number of thioether (sulfide) groups is 1. The summed E-state index contributed by atoms with van der Waals surface area (Å²) in [5.41, 5.74) is 0. The van der Waals surface area contributed by atoms with Gasteiger partial charge < -0.3 is 5.32 Å². The van der Waals surface area contributed by atoms with E-state index in [-0.39, 0.29) is 5.75 Å². The van der Waals surface area contributed by atoms with Crippen molar-refractivity contribution in [3.05, 3.63) is 0 Å². The summed E-state index contributed by atoms with van der Waals surface area (Å²) in [5.74, 6) is 0.982. The normalized spacial score (nSPS) is 16.0. The zero-order valence-corrected chi connectivity index (χ0v) is 12.5. The number of hydrogen-bond acceptors (Lipinski definition) is 4. The fourth-order valence-corrected chi connectivity index (χ4v) is 3.57. The molecule has 0 aliphatic rings. The Hall–Kier alpha value is 0.260. The lowest BCUT2D eigenvalue weighted by Crippen LogP contribution is -2.31. The fourth-order valence-electron chi connectivity index (χ4n) is 1.36. The maximum atomic E-state index is 10.9. The minimum absolute atomic E-state index is 0.284. The highest BCUT2D eigenvalue weighted by Gasteiger charge is 2.07. The Labute approximate surface area is 105 Å². The zero-order chi connectivity index (χ0) is 12.6. The van der Waals surface area contributed by atoms with Crippen LogP contribution in [0.5, 0.6) is 0 Å². The molecule has 0 fully saturated rings. The van der Waals surface area contributed by atoms with Gasteiger partial charge in [0.2, 0.25) is 0 Å². The molecule has 0 amide bonds. The van der Waals surface area contributed by atoms with Crippen molar-refractivity contribution in [3.8, 4) is 0 Å². The molecule has 0 aromatic carbocycles. The van der Waals surface area contributed by atoms with Crippen LogP contribution in [-0.2, 0) is 9.84 Å². The number of hydrogen-bond donors (Lipinski definition) is 1. The molecular weight excluding hydrogens is 242 g/mol. The van der Waals surface area contributed by atoms with E-state index < -0.39 is 9.84 Å². The molecule has 0 aromatic heterocycles. The van der Waals surface area contributed by atoms with Gasteiger partial charge in [-0.15, -0.1) is 0 Å². The second-order valence-corrected chi connectivity index (χ2v) is 8.22. The van der Waals surface area contributed by atoms with Crippen LogP contribution >= 0.6 is 11.8 Å². The van der Waals surface area contributed by atoms with Crippen LogP contribution in [0.1, 0.15) is 33.6 Å². The first-order valence-electron chi connectivity index (χ1n) is 5.88. The second kappa shape index (κ2) is 8.37. The van der Waals surface area contributed by atoms with Crippen molar-refractivity contribution in [2.75, 3.05) is 24.3 Å². The van der Waals surface area contributed by atoms with Crippen molar-refractivity contribution in [1.82, 2.24) is 5.32 Å². The third-order valence-electron chi connectivity index (χ3n) is 2.33. The molecule has 0 saturated carbocycles. The molecule has 0 rings (SSSR count). The van der Waals surface area contributed by atoms with Crippen LogP contribution in [0.25, 0.3) is 0 Å². The third-order valence-corrected chi connectivity index (χ3v) is 4.71. The van der Waals surface area contributed by atoms with E-state index in [1.807, 2.05) is 0 Å². The quantitative estimate of drug-likeness (QED) is 0.693. The molecule has 1 N–H and O–H groups in total. The maximum absolute atomic E-state index is 10.9.